The molecule has 0 saturated carbocycles. The molecule has 1 rings (SSSR count). The van der Waals surface area contributed by atoms with Crippen LogP contribution in [0.4, 0.5) is 0 Å². The maximum atomic E-state index is 3.41. The number of hydrogen-bond acceptors (Lipinski definition) is 1. The second-order valence-corrected chi connectivity index (χ2v) is 4.24. The average molecular weight is 225 g/mol. The van der Waals surface area contributed by atoms with Gasteiger partial charge in [0, 0.05) is 9.97 Å². The smallest absolute Gasteiger partial charge is 0.0136 e. The number of piperidine rings is 1. The van der Waals surface area contributed by atoms with E-state index < -0.39 is 0 Å². The molecule has 48 valence electrons. The van der Waals surface area contributed by atoms with E-state index in [1.165, 1.54) is 19.4 Å². The quantitative estimate of drug-likeness (QED) is 0.487. The molecule has 1 aliphatic rings. The highest BCUT2D eigenvalue weighted by Crippen LogP contribution is 2.16. The Bertz CT molecular complexity index is 66.9. The van der Waals surface area contributed by atoms with Crippen molar-refractivity contribution in [1.82, 2.24) is 5.32 Å². The maximum absolute atomic E-state index is 3.41. The van der Waals surface area contributed by atoms with Gasteiger partial charge in [0.2, 0.25) is 0 Å². The molecule has 0 unspecified atom stereocenters. The zero-order valence-corrected chi connectivity index (χ0v) is 7.31. The minimum absolute atomic E-state index is 0.755. The van der Waals surface area contributed by atoms with Crippen molar-refractivity contribution in [3.8, 4) is 0 Å². The van der Waals surface area contributed by atoms with E-state index in [0.29, 0.717) is 0 Å². The van der Waals surface area contributed by atoms with Crippen molar-refractivity contribution >= 4 is 22.6 Å². The largest absolute Gasteiger partial charge is 0.314 e. The normalized spacial score (nSPS) is 39.8. The van der Waals surface area contributed by atoms with E-state index in [-0.39, 0.29) is 0 Å². The Hall–Kier alpha value is 0.690. The van der Waals surface area contributed by atoms with Crippen LogP contribution in [-0.2, 0) is 0 Å². The summed E-state index contributed by atoms with van der Waals surface area (Å²) in [6.07, 6.45) is 2.70. The van der Waals surface area contributed by atoms with Gasteiger partial charge in [-0.3, -0.25) is 0 Å². The molecule has 2 atom stereocenters. The summed E-state index contributed by atoms with van der Waals surface area (Å²) in [7, 11) is 0. The van der Waals surface area contributed by atoms with Crippen molar-refractivity contribution in [1.29, 1.82) is 0 Å². The monoisotopic (exact) mass is 225 g/mol. The zero-order chi connectivity index (χ0) is 5.98. The first-order valence-electron chi connectivity index (χ1n) is 3.16. The second-order valence-electron chi connectivity index (χ2n) is 2.48. The third-order valence-electron chi connectivity index (χ3n) is 1.56. The van der Waals surface area contributed by atoms with E-state index in [1.807, 2.05) is 0 Å². The van der Waals surface area contributed by atoms with Gasteiger partial charge in [0.05, 0.1) is 0 Å². The standard InChI is InChI=1S/C6H12IN/c1-5-4-6(7)2-3-8-5/h5-6,8H,2-4H2,1H3/t5-,6-/m0/s1. The summed E-state index contributed by atoms with van der Waals surface area (Å²) in [5, 5.41) is 3.41. The Labute approximate surface area is 64.4 Å². The van der Waals surface area contributed by atoms with Crippen LogP contribution in [-0.4, -0.2) is 16.5 Å². The molecule has 0 aromatic carbocycles. The SMILES string of the molecule is C[C@H]1C[C@@H](I)CCN1. The predicted octanol–water partition coefficient (Wildman–Crippen LogP) is 1.56. The lowest BCUT2D eigenvalue weighted by atomic mass is 10.1. The number of hydrogen-bond donors (Lipinski definition) is 1. The highest BCUT2D eigenvalue weighted by Gasteiger charge is 2.14. The first-order valence-corrected chi connectivity index (χ1v) is 4.41. The molecule has 1 aliphatic heterocycles. The number of halogens is 1. The zero-order valence-electron chi connectivity index (χ0n) is 5.15. The summed E-state index contributed by atoms with van der Waals surface area (Å²) < 4.78 is 0.920. The van der Waals surface area contributed by atoms with Crippen LogP contribution in [0.15, 0.2) is 0 Å². The summed E-state index contributed by atoms with van der Waals surface area (Å²) in [6.45, 7) is 3.47. The minimum Gasteiger partial charge on any atom is -0.314 e. The lowest BCUT2D eigenvalue weighted by Crippen LogP contribution is -2.35. The summed E-state index contributed by atoms with van der Waals surface area (Å²) in [5.41, 5.74) is 0. The maximum Gasteiger partial charge on any atom is 0.0136 e. The Morgan fingerprint density at radius 1 is 1.62 bits per heavy atom. The molecule has 1 N–H and O–H groups in total. The third-order valence-corrected chi connectivity index (χ3v) is 2.69. The summed E-state index contributed by atoms with van der Waals surface area (Å²) in [4.78, 5) is 0. The van der Waals surface area contributed by atoms with Gasteiger partial charge in [-0.15, -0.1) is 0 Å². The molecular formula is C6H12IN. The number of alkyl halides is 1. The van der Waals surface area contributed by atoms with Crippen LogP contribution in [0, 0.1) is 0 Å². The fraction of sp³-hybridized carbons (Fsp3) is 1.00. The lowest BCUT2D eigenvalue weighted by molar-refractivity contribution is 0.442. The van der Waals surface area contributed by atoms with Crippen LogP contribution in [0.2, 0.25) is 0 Å². The van der Waals surface area contributed by atoms with Gasteiger partial charge in [-0.1, -0.05) is 22.6 Å². The van der Waals surface area contributed by atoms with E-state index in [2.05, 4.69) is 34.8 Å². The van der Waals surface area contributed by atoms with E-state index in [0.717, 1.165) is 9.97 Å². The van der Waals surface area contributed by atoms with Gasteiger partial charge in [-0.05, 0) is 26.3 Å². The molecule has 0 aliphatic carbocycles. The van der Waals surface area contributed by atoms with Crippen molar-refractivity contribution in [3.05, 3.63) is 0 Å². The molecule has 0 amide bonds. The number of nitrogens with one attached hydrogen (secondary N) is 1. The highest BCUT2D eigenvalue weighted by molar-refractivity contribution is 14.1. The van der Waals surface area contributed by atoms with Crippen LogP contribution < -0.4 is 5.32 Å². The average Bonchev–Trinajstić information content (AvgIpc) is 1.64. The van der Waals surface area contributed by atoms with E-state index in [1.54, 1.807) is 0 Å². The van der Waals surface area contributed by atoms with Crippen molar-refractivity contribution in [2.75, 3.05) is 6.54 Å². The summed E-state index contributed by atoms with van der Waals surface area (Å²) >= 11 is 2.53. The van der Waals surface area contributed by atoms with Gasteiger partial charge < -0.3 is 5.32 Å². The van der Waals surface area contributed by atoms with Crippen LogP contribution in [0.25, 0.3) is 0 Å². The Balaban J connectivity index is 2.23. The second kappa shape index (κ2) is 3.01. The molecule has 1 fully saturated rings. The van der Waals surface area contributed by atoms with E-state index in [4.69, 9.17) is 0 Å². The van der Waals surface area contributed by atoms with Crippen molar-refractivity contribution in [2.24, 2.45) is 0 Å². The summed E-state index contributed by atoms with van der Waals surface area (Å²) in [5.74, 6) is 0. The summed E-state index contributed by atoms with van der Waals surface area (Å²) in [6, 6.07) is 0.755. The fourth-order valence-electron chi connectivity index (χ4n) is 1.07. The van der Waals surface area contributed by atoms with Crippen LogP contribution in [0.1, 0.15) is 19.8 Å². The molecule has 1 nitrogen and oxygen atoms in total. The molecule has 0 radical (unpaired) electrons. The topological polar surface area (TPSA) is 12.0 Å². The predicted molar refractivity (Wildman–Crippen MR) is 44.5 cm³/mol. The molecule has 1 saturated heterocycles. The molecule has 8 heavy (non-hydrogen) atoms. The molecular weight excluding hydrogens is 213 g/mol. The molecule has 2 heteroatoms. The molecule has 0 aromatic heterocycles. The lowest BCUT2D eigenvalue weighted by Gasteiger charge is -2.23. The first kappa shape index (κ1) is 6.81. The van der Waals surface area contributed by atoms with Gasteiger partial charge in [-0.2, -0.15) is 0 Å². The highest BCUT2D eigenvalue weighted by atomic mass is 127. The first-order chi connectivity index (χ1) is 3.79. The van der Waals surface area contributed by atoms with Crippen LogP contribution in [0.5, 0.6) is 0 Å². The third kappa shape index (κ3) is 1.90. The van der Waals surface area contributed by atoms with Crippen LogP contribution >= 0.6 is 22.6 Å². The van der Waals surface area contributed by atoms with E-state index in [9.17, 15) is 0 Å². The van der Waals surface area contributed by atoms with Crippen molar-refractivity contribution in [2.45, 2.75) is 29.7 Å². The van der Waals surface area contributed by atoms with Gasteiger partial charge >= 0.3 is 0 Å². The van der Waals surface area contributed by atoms with Gasteiger partial charge in [-0.25, -0.2) is 0 Å². The van der Waals surface area contributed by atoms with Gasteiger partial charge in [0.1, 0.15) is 0 Å². The molecule has 0 aromatic rings. The Morgan fingerprint density at radius 2 is 2.38 bits per heavy atom. The Morgan fingerprint density at radius 3 is 2.75 bits per heavy atom. The molecule has 1 heterocycles. The Kier molecular flexibility index (Phi) is 2.56. The molecule has 0 spiro atoms. The fourth-order valence-corrected chi connectivity index (χ4v) is 2.15. The van der Waals surface area contributed by atoms with Gasteiger partial charge in [0.15, 0.2) is 0 Å². The molecule has 0 bridgehead atoms. The minimum atomic E-state index is 0.755. The van der Waals surface area contributed by atoms with Crippen molar-refractivity contribution < 1.29 is 0 Å². The van der Waals surface area contributed by atoms with Gasteiger partial charge in [0.25, 0.3) is 0 Å². The van der Waals surface area contributed by atoms with E-state index >= 15 is 0 Å². The van der Waals surface area contributed by atoms with Crippen molar-refractivity contribution in [3.63, 3.8) is 0 Å². The van der Waals surface area contributed by atoms with Crippen LogP contribution in [0.3, 0.4) is 0 Å². The number of rotatable bonds is 0.